The predicted octanol–water partition coefficient (Wildman–Crippen LogP) is 2.08. The first kappa shape index (κ1) is 15.0. The van der Waals surface area contributed by atoms with Gasteiger partial charge in [-0.2, -0.15) is 0 Å². The molecule has 0 saturated heterocycles. The molecule has 0 spiro atoms. The number of amides is 1. The molecule has 0 aliphatic heterocycles. The van der Waals surface area contributed by atoms with Gasteiger partial charge in [-0.05, 0) is 31.4 Å². The average molecular weight is 301 g/mol. The topological polar surface area (TPSA) is 78.0 Å². The number of imidazole rings is 1. The van der Waals surface area contributed by atoms with Crippen LogP contribution in [-0.4, -0.2) is 33.6 Å². The maximum atomic E-state index is 11.9. The summed E-state index contributed by atoms with van der Waals surface area (Å²) in [5, 5.41) is 12.7. The molecule has 1 fully saturated rings. The zero-order valence-corrected chi connectivity index (χ0v) is 12.9. The maximum Gasteiger partial charge on any atom is 0.220 e. The number of rotatable bonds is 5. The molecule has 2 unspecified atom stereocenters. The van der Waals surface area contributed by atoms with Crippen LogP contribution in [0, 0.1) is 12.8 Å². The van der Waals surface area contributed by atoms with Crippen molar-refractivity contribution in [2.45, 2.75) is 45.1 Å². The highest BCUT2D eigenvalue weighted by atomic mass is 16.3. The molecule has 1 aliphatic carbocycles. The van der Waals surface area contributed by atoms with Crippen molar-refractivity contribution in [3.05, 3.63) is 29.6 Å². The number of benzene rings is 1. The van der Waals surface area contributed by atoms with Crippen LogP contribution in [0.1, 0.15) is 37.1 Å². The fourth-order valence-corrected chi connectivity index (χ4v) is 3.17. The van der Waals surface area contributed by atoms with Crippen LogP contribution in [0.2, 0.25) is 0 Å². The molecule has 1 aromatic heterocycles. The minimum Gasteiger partial charge on any atom is -0.393 e. The number of carbonyl (C=O) groups excluding carboxylic acids is 1. The van der Waals surface area contributed by atoms with Gasteiger partial charge in [0.05, 0.1) is 17.1 Å². The van der Waals surface area contributed by atoms with Crippen molar-refractivity contribution in [1.82, 2.24) is 15.3 Å². The van der Waals surface area contributed by atoms with Crippen LogP contribution in [0.4, 0.5) is 0 Å². The third-order valence-electron chi connectivity index (χ3n) is 4.53. The highest BCUT2D eigenvalue weighted by molar-refractivity contribution is 5.79. The lowest BCUT2D eigenvalue weighted by molar-refractivity contribution is -0.121. The summed E-state index contributed by atoms with van der Waals surface area (Å²) in [6, 6.07) is 6.03. The Morgan fingerprint density at radius 3 is 3.05 bits per heavy atom. The molecule has 0 radical (unpaired) electrons. The first-order valence-electron chi connectivity index (χ1n) is 8.02. The normalized spacial score (nSPS) is 21.4. The van der Waals surface area contributed by atoms with Gasteiger partial charge in [0.2, 0.25) is 5.91 Å². The van der Waals surface area contributed by atoms with Crippen LogP contribution in [0.5, 0.6) is 0 Å². The minimum atomic E-state index is -0.251. The lowest BCUT2D eigenvalue weighted by Gasteiger charge is -2.14. The van der Waals surface area contributed by atoms with E-state index in [1.807, 2.05) is 25.1 Å². The number of aliphatic hydroxyl groups is 1. The van der Waals surface area contributed by atoms with Crippen molar-refractivity contribution in [2.75, 3.05) is 6.54 Å². The average Bonchev–Trinajstić information content (AvgIpc) is 3.10. The second kappa shape index (κ2) is 6.48. The van der Waals surface area contributed by atoms with E-state index in [9.17, 15) is 9.90 Å². The number of para-hydroxylation sites is 1. The predicted molar refractivity (Wildman–Crippen MR) is 85.5 cm³/mol. The first-order valence-corrected chi connectivity index (χ1v) is 8.02. The Labute approximate surface area is 130 Å². The van der Waals surface area contributed by atoms with Gasteiger partial charge in [0.25, 0.3) is 0 Å². The van der Waals surface area contributed by atoms with E-state index < -0.39 is 0 Å². The van der Waals surface area contributed by atoms with E-state index in [1.165, 1.54) is 0 Å². The monoisotopic (exact) mass is 301 g/mol. The second-order valence-electron chi connectivity index (χ2n) is 6.22. The molecule has 2 aromatic rings. The van der Waals surface area contributed by atoms with Gasteiger partial charge in [-0.15, -0.1) is 0 Å². The van der Waals surface area contributed by atoms with Gasteiger partial charge < -0.3 is 15.4 Å². The maximum absolute atomic E-state index is 11.9. The molecule has 3 N–H and O–H groups in total. The molecular formula is C17H23N3O2. The summed E-state index contributed by atoms with van der Waals surface area (Å²) in [6.07, 6.45) is 3.69. The minimum absolute atomic E-state index is 0.0243. The molecule has 1 aromatic carbocycles. The van der Waals surface area contributed by atoms with Crippen LogP contribution < -0.4 is 5.32 Å². The number of aromatic nitrogens is 2. The second-order valence-corrected chi connectivity index (χ2v) is 6.22. The number of nitrogens with one attached hydrogen (secondary N) is 2. The molecule has 1 heterocycles. The fraction of sp³-hybridized carbons (Fsp3) is 0.529. The summed E-state index contributed by atoms with van der Waals surface area (Å²) < 4.78 is 0. The number of aryl methyl sites for hydroxylation is 2. The van der Waals surface area contributed by atoms with Crippen LogP contribution >= 0.6 is 0 Å². The van der Waals surface area contributed by atoms with Gasteiger partial charge in [0.1, 0.15) is 5.82 Å². The number of fused-ring (bicyclic) bond motifs is 1. The smallest absolute Gasteiger partial charge is 0.220 e. The molecule has 2 atom stereocenters. The van der Waals surface area contributed by atoms with E-state index in [1.54, 1.807) is 0 Å². The third-order valence-corrected chi connectivity index (χ3v) is 4.53. The van der Waals surface area contributed by atoms with Crippen LogP contribution in [0.15, 0.2) is 18.2 Å². The molecule has 3 rings (SSSR count). The van der Waals surface area contributed by atoms with E-state index in [-0.39, 0.29) is 17.9 Å². The summed E-state index contributed by atoms with van der Waals surface area (Å²) in [5.74, 6) is 1.09. The zero-order chi connectivity index (χ0) is 15.5. The molecule has 5 nitrogen and oxygen atoms in total. The van der Waals surface area contributed by atoms with E-state index in [0.29, 0.717) is 19.4 Å². The number of hydrogen-bond donors (Lipinski definition) is 3. The summed E-state index contributed by atoms with van der Waals surface area (Å²) in [6.45, 7) is 2.62. The molecule has 1 saturated carbocycles. The SMILES string of the molecule is Cc1cccc2[nH]c(CCC(=O)NCC3CCCC3O)nc12. The largest absolute Gasteiger partial charge is 0.393 e. The number of aliphatic hydroxyl groups excluding tert-OH is 1. The van der Waals surface area contributed by atoms with Crippen molar-refractivity contribution < 1.29 is 9.90 Å². The number of hydrogen-bond acceptors (Lipinski definition) is 3. The quantitative estimate of drug-likeness (QED) is 0.791. The molecule has 0 bridgehead atoms. The number of aromatic amines is 1. The number of nitrogens with zero attached hydrogens (tertiary/aromatic N) is 1. The Balaban J connectivity index is 1.50. The Bertz CT molecular complexity index is 665. The Morgan fingerprint density at radius 1 is 1.45 bits per heavy atom. The van der Waals surface area contributed by atoms with Gasteiger partial charge in [-0.25, -0.2) is 4.98 Å². The summed E-state index contributed by atoms with van der Waals surface area (Å²) in [7, 11) is 0. The van der Waals surface area contributed by atoms with E-state index >= 15 is 0 Å². The van der Waals surface area contributed by atoms with E-state index in [2.05, 4.69) is 15.3 Å². The molecule has 1 aliphatic rings. The Kier molecular flexibility index (Phi) is 4.43. The van der Waals surface area contributed by atoms with Gasteiger partial charge in [0, 0.05) is 25.3 Å². The number of carbonyl (C=O) groups is 1. The summed E-state index contributed by atoms with van der Waals surface area (Å²) >= 11 is 0. The van der Waals surface area contributed by atoms with Crippen molar-refractivity contribution in [2.24, 2.45) is 5.92 Å². The standard InChI is InChI=1S/C17H23N3O2/c1-11-4-2-6-13-17(11)20-15(19-13)8-9-16(22)18-10-12-5-3-7-14(12)21/h2,4,6,12,14,21H,3,5,7-10H2,1H3,(H,18,22)(H,19,20). The summed E-state index contributed by atoms with van der Waals surface area (Å²) in [4.78, 5) is 19.8. The van der Waals surface area contributed by atoms with Crippen LogP contribution in [0.3, 0.4) is 0 Å². The first-order chi connectivity index (χ1) is 10.6. The van der Waals surface area contributed by atoms with E-state index in [0.717, 1.165) is 41.7 Å². The fourth-order valence-electron chi connectivity index (χ4n) is 3.17. The van der Waals surface area contributed by atoms with Crippen molar-refractivity contribution in [3.8, 4) is 0 Å². The lowest BCUT2D eigenvalue weighted by atomic mass is 10.1. The Morgan fingerprint density at radius 2 is 2.32 bits per heavy atom. The van der Waals surface area contributed by atoms with Gasteiger partial charge in [-0.3, -0.25) is 4.79 Å². The Hall–Kier alpha value is -1.88. The van der Waals surface area contributed by atoms with Gasteiger partial charge in [-0.1, -0.05) is 18.6 Å². The third kappa shape index (κ3) is 3.30. The zero-order valence-electron chi connectivity index (χ0n) is 12.9. The van der Waals surface area contributed by atoms with Crippen LogP contribution in [-0.2, 0) is 11.2 Å². The molecule has 118 valence electrons. The van der Waals surface area contributed by atoms with Gasteiger partial charge in [0.15, 0.2) is 0 Å². The van der Waals surface area contributed by atoms with E-state index in [4.69, 9.17) is 0 Å². The van der Waals surface area contributed by atoms with Crippen molar-refractivity contribution in [1.29, 1.82) is 0 Å². The molecule has 5 heteroatoms. The molecular weight excluding hydrogens is 278 g/mol. The van der Waals surface area contributed by atoms with Gasteiger partial charge >= 0.3 is 0 Å². The molecule has 1 amide bonds. The van der Waals surface area contributed by atoms with Crippen molar-refractivity contribution in [3.63, 3.8) is 0 Å². The van der Waals surface area contributed by atoms with Crippen molar-refractivity contribution >= 4 is 16.9 Å². The highest BCUT2D eigenvalue weighted by Gasteiger charge is 2.25. The number of H-pyrrole nitrogens is 1. The lowest BCUT2D eigenvalue weighted by Crippen LogP contribution is -2.32. The van der Waals surface area contributed by atoms with Crippen LogP contribution in [0.25, 0.3) is 11.0 Å². The molecule has 22 heavy (non-hydrogen) atoms. The summed E-state index contributed by atoms with van der Waals surface area (Å²) in [5.41, 5.74) is 3.14. The highest BCUT2D eigenvalue weighted by Crippen LogP contribution is 2.24.